The number of fused-ring (bicyclic) bond motifs is 3. The lowest BCUT2D eigenvalue weighted by Gasteiger charge is -2.28. The van der Waals surface area contributed by atoms with E-state index < -0.39 is 11.6 Å². The van der Waals surface area contributed by atoms with Crippen molar-refractivity contribution in [3.8, 4) is 0 Å². The SMILES string of the molecule is CCN1CCc2cc(C(=CC3(C=C(c4ccc(C)cc4)c4ccc5c(c4)CCN5CC)OC(=O)c4c(Cl)c(Cl)c(Cl)c(Cl)c43)c3ccc(C)cc3)ccc21. The molecule has 5 aromatic carbocycles. The minimum Gasteiger partial charge on any atom is -0.442 e. The maximum Gasteiger partial charge on any atom is 0.341 e. The fourth-order valence-corrected chi connectivity index (χ4v) is 9.26. The summed E-state index contributed by atoms with van der Waals surface area (Å²) in [5, 5.41) is 0.206. The van der Waals surface area contributed by atoms with Crippen LogP contribution in [0.4, 0.5) is 11.4 Å². The molecule has 0 saturated heterocycles. The van der Waals surface area contributed by atoms with Crippen LogP contribution in [0, 0.1) is 13.8 Å². The minimum absolute atomic E-state index is 0.0119. The number of ether oxygens (including phenoxy) is 1. The van der Waals surface area contributed by atoms with Gasteiger partial charge in [0, 0.05) is 43.1 Å². The number of carbonyl (C=O) groups is 1. The molecular formula is C46H40Cl4N2O2. The van der Waals surface area contributed by atoms with Crippen molar-refractivity contribution in [2.75, 3.05) is 36.0 Å². The second-order valence-corrected chi connectivity index (χ2v) is 15.9. The van der Waals surface area contributed by atoms with Gasteiger partial charge in [-0.25, -0.2) is 4.79 Å². The number of hydrogen-bond acceptors (Lipinski definition) is 4. The van der Waals surface area contributed by atoms with Crippen molar-refractivity contribution < 1.29 is 9.53 Å². The Morgan fingerprint density at radius 1 is 0.630 bits per heavy atom. The van der Waals surface area contributed by atoms with Crippen LogP contribution in [0.15, 0.2) is 97.1 Å². The van der Waals surface area contributed by atoms with Crippen molar-refractivity contribution in [2.24, 2.45) is 0 Å². The first-order chi connectivity index (χ1) is 26.0. The molecule has 0 N–H and O–H groups in total. The summed E-state index contributed by atoms with van der Waals surface area (Å²) in [5.74, 6) is -0.630. The first kappa shape index (κ1) is 36.8. The molecule has 274 valence electrons. The van der Waals surface area contributed by atoms with Gasteiger partial charge in [0.15, 0.2) is 5.60 Å². The Hall–Kier alpha value is -4.19. The molecule has 0 spiro atoms. The molecule has 0 radical (unpaired) electrons. The van der Waals surface area contributed by atoms with Gasteiger partial charge in [0.2, 0.25) is 0 Å². The van der Waals surface area contributed by atoms with Crippen LogP contribution in [0.1, 0.15) is 74.3 Å². The largest absolute Gasteiger partial charge is 0.442 e. The summed E-state index contributed by atoms with van der Waals surface area (Å²) in [6.07, 6.45) is 5.93. The van der Waals surface area contributed by atoms with Crippen LogP contribution >= 0.6 is 46.4 Å². The van der Waals surface area contributed by atoms with Gasteiger partial charge in [-0.05, 0) is 121 Å². The van der Waals surface area contributed by atoms with Crippen LogP contribution in [0.3, 0.4) is 0 Å². The summed E-state index contributed by atoms with van der Waals surface area (Å²) in [6.45, 7) is 12.3. The van der Waals surface area contributed by atoms with Crippen LogP contribution < -0.4 is 9.80 Å². The molecular weight excluding hydrogens is 754 g/mol. The maximum atomic E-state index is 14.2. The second-order valence-electron chi connectivity index (χ2n) is 14.4. The zero-order valence-corrected chi connectivity index (χ0v) is 33.7. The van der Waals surface area contributed by atoms with Crippen LogP contribution in [0.25, 0.3) is 11.1 Å². The first-order valence-corrected chi connectivity index (χ1v) is 20.0. The standard InChI is InChI=1S/C46H40Cl4N2O2/c1-5-51-21-19-33-23-31(15-17-37(33)51)35(29-11-7-27(3)8-12-29)25-46(40-39(45(53)54-46)41(47)43(49)44(50)42(40)48)26-36(30-13-9-28(4)10-14-30)32-16-18-38-34(24-32)20-22-52(38)6-2/h7-18,23-26H,5-6,19-22H2,1-4H3. The normalized spacial score (nSPS) is 17.9. The van der Waals surface area contributed by atoms with Gasteiger partial charge in [-0.1, -0.05) is 118 Å². The number of aryl methyl sites for hydroxylation is 2. The van der Waals surface area contributed by atoms with E-state index in [-0.39, 0.29) is 25.7 Å². The zero-order valence-electron chi connectivity index (χ0n) is 30.7. The number of cyclic esters (lactones) is 1. The molecule has 0 aliphatic carbocycles. The predicted octanol–water partition coefficient (Wildman–Crippen LogP) is 12.3. The lowest BCUT2D eigenvalue weighted by Crippen LogP contribution is -2.23. The highest BCUT2D eigenvalue weighted by atomic mass is 35.5. The highest BCUT2D eigenvalue weighted by Crippen LogP contribution is 2.54. The number of halogens is 4. The van der Waals surface area contributed by atoms with Gasteiger partial charge < -0.3 is 14.5 Å². The third-order valence-corrected chi connectivity index (χ3v) is 12.9. The molecule has 3 aliphatic heterocycles. The quantitative estimate of drug-likeness (QED) is 0.0890. The molecule has 54 heavy (non-hydrogen) atoms. The van der Waals surface area contributed by atoms with Crippen molar-refractivity contribution in [1.29, 1.82) is 0 Å². The van der Waals surface area contributed by atoms with Gasteiger partial charge in [0.25, 0.3) is 0 Å². The Balaban J connectivity index is 1.46. The van der Waals surface area contributed by atoms with E-state index in [0.717, 1.165) is 83.5 Å². The van der Waals surface area contributed by atoms with Crippen LogP contribution in [0.5, 0.6) is 0 Å². The number of carbonyl (C=O) groups excluding carboxylic acids is 1. The third-order valence-electron chi connectivity index (χ3n) is 11.1. The number of hydrogen-bond donors (Lipinski definition) is 0. The lowest BCUT2D eigenvalue weighted by atomic mass is 9.82. The molecule has 4 nitrogen and oxygen atoms in total. The zero-order chi connectivity index (χ0) is 37.9. The van der Waals surface area contributed by atoms with E-state index in [2.05, 4.69) is 122 Å². The fourth-order valence-electron chi connectivity index (χ4n) is 8.18. The van der Waals surface area contributed by atoms with Crippen LogP contribution in [-0.4, -0.2) is 32.1 Å². The van der Waals surface area contributed by atoms with Crippen molar-refractivity contribution in [1.82, 2.24) is 0 Å². The highest BCUT2D eigenvalue weighted by Gasteiger charge is 2.48. The number of anilines is 2. The van der Waals surface area contributed by atoms with E-state index >= 15 is 0 Å². The topological polar surface area (TPSA) is 32.8 Å². The summed E-state index contributed by atoms with van der Waals surface area (Å²) in [7, 11) is 0. The Morgan fingerprint density at radius 3 is 1.50 bits per heavy atom. The number of rotatable bonds is 8. The van der Waals surface area contributed by atoms with E-state index in [1.54, 1.807) is 0 Å². The molecule has 0 atom stereocenters. The molecule has 0 bridgehead atoms. The smallest absolute Gasteiger partial charge is 0.341 e. The fraction of sp³-hybridized carbons (Fsp3) is 0.239. The highest BCUT2D eigenvalue weighted by molar-refractivity contribution is 6.53. The van der Waals surface area contributed by atoms with Crippen molar-refractivity contribution in [3.63, 3.8) is 0 Å². The Kier molecular flexibility index (Phi) is 9.85. The van der Waals surface area contributed by atoms with Crippen LogP contribution in [0.2, 0.25) is 20.1 Å². The van der Waals surface area contributed by atoms with Crippen molar-refractivity contribution in [2.45, 2.75) is 46.1 Å². The van der Waals surface area contributed by atoms with E-state index in [9.17, 15) is 4.79 Å². The number of benzene rings is 5. The molecule has 8 rings (SSSR count). The minimum atomic E-state index is -1.55. The summed E-state index contributed by atoms with van der Waals surface area (Å²) in [4.78, 5) is 19.0. The first-order valence-electron chi connectivity index (χ1n) is 18.5. The maximum absolute atomic E-state index is 14.2. The Morgan fingerprint density at radius 2 is 1.06 bits per heavy atom. The summed E-state index contributed by atoms with van der Waals surface area (Å²) in [5.41, 5.74) is 11.9. The van der Waals surface area contributed by atoms with Crippen LogP contribution in [-0.2, 0) is 23.2 Å². The molecule has 0 fully saturated rings. The van der Waals surface area contributed by atoms with E-state index in [1.807, 2.05) is 12.2 Å². The monoisotopic (exact) mass is 792 g/mol. The number of likely N-dealkylation sites (N-methyl/N-ethyl adjacent to an activating group) is 2. The molecule has 8 heteroatoms. The van der Waals surface area contributed by atoms with Gasteiger partial charge in [-0.15, -0.1) is 0 Å². The van der Waals surface area contributed by atoms with E-state index in [4.69, 9.17) is 51.1 Å². The molecule has 5 aromatic rings. The molecule has 0 saturated carbocycles. The summed E-state index contributed by atoms with van der Waals surface area (Å²) in [6, 6.07) is 30.0. The molecule has 0 unspecified atom stereocenters. The van der Waals surface area contributed by atoms with Gasteiger partial charge >= 0.3 is 5.97 Å². The van der Waals surface area contributed by atoms with Gasteiger partial charge in [-0.3, -0.25) is 0 Å². The molecule has 3 heterocycles. The lowest BCUT2D eigenvalue weighted by molar-refractivity contribution is 0.0300. The third kappa shape index (κ3) is 6.31. The van der Waals surface area contributed by atoms with Crippen molar-refractivity contribution in [3.05, 3.63) is 173 Å². The Labute approximate surface area is 337 Å². The average molecular weight is 795 g/mol. The molecule has 0 amide bonds. The Bertz CT molecular complexity index is 2260. The molecule has 0 aromatic heterocycles. The van der Waals surface area contributed by atoms with Gasteiger partial charge in [0.1, 0.15) is 0 Å². The van der Waals surface area contributed by atoms with E-state index in [0.29, 0.717) is 5.56 Å². The second kappa shape index (κ2) is 14.5. The molecule has 3 aliphatic rings. The predicted molar refractivity (Wildman–Crippen MR) is 226 cm³/mol. The average Bonchev–Trinajstić information content (AvgIpc) is 3.87. The summed E-state index contributed by atoms with van der Waals surface area (Å²) >= 11 is 27.5. The van der Waals surface area contributed by atoms with Gasteiger partial charge in [0.05, 0.1) is 25.7 Å². The summed E-state index contributed by atoms with van der Waals surface area (Å²) < 4.78 is 6.65. The number of esters is 1. The van der Waals surface area contributed by atoms with Gasteiger partial charge in [-0.2, -0.15) is 0 Å². The van der Waals surface area contributed by atoms with Crippen molar-refractivity contribution >= 4 is 74.9 Å². The number of nitrogens with zero attached hydrogens (tertiary/aromatic N) is 2. The van der Waals surface area contributed by atoms with E-state index in [1.165, 1.54) is 22.5 Å².